The third kappa shape index (κ3) is 4.50. The van der Waals surface area contributed by atoms with Gasteiger partial charge in [-0.3, -0.25) is 4.79 Å². The second kappa shape index (κ2) is 7.99. The molecule has 2 nitrogen and oxygen atoms in total. The fraction of sp³-hybridized carbons (Fsp3) is 0.304. The van der Waals surface area contributed by atoms with Crippen molar-refractivity contribution in [1.29, 1.82) is 0 Å². The van der Waals surface area contributed by atoms with E-state index in [4.69, 9.17) is 0 Å². The average molecular weight is 396 g/mol. The van der Waals surface area contributed by atoms with Gasteiger partial charge in [0.2, 0.25) is 0 Å². The van der Waals surface area contributed by atoms with Crippen molar-refractivity contribution in [2.75, 3.05) is 5.75 Å². The number of Topliss-reactive ketones (excluding diaryl/α,β-unsaturated/α-hetero) is 1. The summed E-state index contributed by atoms with van der Waals surface area (Å²) in [5.74, 6) is 1.16. The molecular formula is C23H25NOS2. The van der Waals surface area contributed by atoms with Crippen LogP contribution in [0.15, 0.2) is 53.6 Å². The minimum atomic E-state index is 0.0844. The first-order chi connectivity index (χ1) is 12.8. The molecule has 3 aromatic rings. The van der Waals surface area contributed by atoms with E-state index in [1.54, 1.807) is 18.3 Å². The number of rotatable bonds is 5. The Hall–Kier alpha value is -1.91. The monoisotopic (exact) mass is 395 g/mol. The summed E-state index contributed by atoms with van der Waals surface area (Å²) in [7, 11) is 0. The van der Waals surface area contributed by atoms with E-state index in [9.17, 15) is 4.79 Å². The van der Waals surface area contributed by atoms with Gasteiger partial charge in [0, 0.05) is 22.2 Å². The third-order valence-electron chi connectivity index (χ3n) is 4.42. The number of thiazole rings is 1. The van der Waals surface area contributed by atoms with E-state index >= 15 is 0 Å². The highest BCUT2D eigenvalue weighted by Gasteiger charge is 2.19. The number of hydrogen-bond donors (Lipinski definition) is 0. The molecule has 140 valence electrons. The molecule has 0 bridgehead atoms. The molecule has 3 rings (SSSR count). The molecule has 4 heteroatoms. The SMILES string of the molecule is CCSc1ccc(-c2cnc(-c3ccc(C(C)=O)cc3)s2)cc1C(C)(C)C. The highest BCUT2D eigenvalue weighted by atomic mass is 32.2. The Kier molecular flexibility index (Phi) is 5.87. The van der Waals surface area contributed by atoms with Crippen LogP contribution >= 0.6 is 23.1 Å². The van der Waals surface area contributed by atoms with Gasteiger partial charge in [-0.15, -0.1) is 23.1 Å². The summed E-state index contributed by atoms with van der Waals surface area (Å²) in [4.78, 5) is 18.6. The van der Waals surface area contributed by atoms with Gasteiger partial charge in [-0.2, -0.15) is 0 Å². The van der Waals surface area contributed by atoms with Gasteiger partial charge in [0.1, 0.15) is 5.01 Å². The van der Waals surface area contributed by atoms with Gasteiger partial charge in [0.15, 0.2) is 5.78 Å². The van der Waals surface area contributed by atoms with Crippen LogP contribution in [-0.4, -0.2) is 16.5 Å². The van der Waals surface area contributed by atoms with Crippen molar-refractivity contribution in [1.82, 2.24) is 4.98 Å². The predicted octanol–water partition coefficient (Wildman–Crippen LogP) is 7.09. The molecule has 0 aliphatic heterocycles. The molecule has 2 aromatic carbocycles. The van der Waals surface area contributed by atoms with Crippen LogP contribution in [-0.2, 0) is 5.41 Å². The first-order valence-electron chi connectivity index (χ1n) is 9.14. The van der Waals surface area contributed by atoms with E-state index in [1.165, 1.54) is 20.9 Å². The quantitative estimate of drug-likeness (QED) is 0.341. The minimum Gasteiger partial charge on any atom is -0.295 e. The number of carbonyl (C=O) groups excluding carboxylic acids is 1. The van der Waals surface area contributed by atoms with Crippen molar-refractivity contribution in [3.8, 4) is 21.0 Å². The Labute approximate surface area is 170 Å². The van der Waals surface area contributed by atoms with E-state index in [0.29, 0.717) is 0 Å². The van der Waals surface area contributed by atoms with Gasteiger partial charge >= 0.3 is 0 Å². The molecule has 27 heavy (non-hydrogen) atoms. The van der Waals surface area contributed by atoms with Crippen LogP contribution in [0.5, 0.6) is 0 Å². The fourth-order valence-corrected chi connectivity index (χ4v) is 4.85. The molecule has 0 spiro atoms. The van der Waals surface area contributed by atoms with Crippen molar-refractivity contribution in [2.24, 2.45) is 0 Å². The van der Waals surface area contributed by atoms with Crippen LogP contribution in [0.2, 0.25) is 0 Å². The molecule has 0 saturated heterocycles. The number of aromatic nitrogens is 1. The molecule has 0 N–H and O–H groups in total. The van der Waals surface area contributed by atoms with Crippen LogP contribution < -0.4 is 0 Å². The number of carbonyl (C=O) groups is 1. The van der Waals surface area contributed by atoms with E-state index < -0.39 is 0 Å². The van der Waals surface area contributed by atoms with Crippen molar-refractivity contribution in [2.45, 2.75) is 44.9 Å². The maximum Gasteiger partial charge on any atom is 0.159 e. The lowest BCUT2D eigenvalue weighted by molar-refractivity contribution is 0.101. The van der Waals surface area contributed by atoms with Crippen LogP contribution in [0.1, 0.15) is 50.5 Å². The Morgan fingerprint density at radius 3 is 2.33 bits per heavy atom. The van der Waals surface area contributed by atoms with E-state index in [0.717, 1.165) is 21.9 Å². The van der Waals surface area contributed by atoms with Crippen LogP contribution in [0, 0.1) is 0 Å². The number of thioether (sulfide) groups is 1. The largest absolute Gasteiger partial charge is 0.295 e. The minimum absolute atomic E-state index is 0.0844. The summed E-state index contributed by atoms with van der Waals surface area (Å²) in [5.41, 5.74) is 4.47. The summed E-state index contributed by atoms with van der Waals surface area (Å²) in [5, 5.41) is 0.976. The third-order valence-corrected chi connectivity index (χ3v) is 6.47. The fourth-order valence-electron chi connectivity index (χ4n) is 2.94. The normalized spacial score (nSPS) is 11.6. The van der Waals surface area contributed by atoms with Crippen molar-refractivity contribution < 1.29 is 4.79 Å². The van der Waals surface area contributed by atoms with Gasteiger partial charge in [0.05, 0.1) is 4.88 Å². The summed E-state index contributed by atoms with van der Waals surface area (Å²) in [6.07, 6.45) is 1.95. The smallest absolute Gasteiger partial charge is 0.159 e. The Bertz CT molecular complexity index is 949. The second-order valence-electron chi connectivity index (χ2n) is 7.56. The molecule has 0 unspecified atom stereocenters. The Balaban J connectivity index is 1.95. The topological polar surface area (TPSA) is 30.0 Å². The average Bonchev–Trinajstić information content (AvgIpc) is 3.11. The van der Waals surface area contributed by atoms with E-state index in [-0.39, 0.29) is 11.2 Å². The molecule has 0 atom stereocenters. The lowest BCUT2D eigenvalue weighted by atomic mass is 9.86. The first-order valence-corrected chi connectivity index (χ1v) is 10.9. The predicted molar refractivity (Wildman–Crippen MR) is 118 cm³/mol. The standard InChI is InChI=1S/C23H25NOS2/c1-6-26-20-12-11-18(13-19(20)23(3,4)5)21-14-24-22(27-21)17-9-7-16(8-10-17)15(2)25/h7-14H,6H2,1-5H3. The van der Waals surface area contributed by atoms with Crippen molar-refractivity contribution in [3.05, 3.63) is 59.8 Å². The summed E-state index contributed by atoms with van der Waals surface area (Å²) in [6, 6.07) is 14.4. The lowest BCUT2D eigenvalue weighted by Gasteiger charge is -2.23. The maximum absolute atomic E-state index is 11.5. The highest BCUT2D eigenvalue weighted by Crippen LogP contribution is 2.38. The van der Waals surface area contributed by atoms with Gasteiger partial charge in [-0.1, -0.05) is 58.0 Å². The number of ketones is 1. The van der Waals surface area contributed by atoms with Crippen LogP contribution in [0.25, 0.3) is 21.0 Å². The zero-order chi connectivity index (χ0) is 19.6. The summed E-state index contributed by atoms with van der Waals surface area (Å²) >= 11 is 3.59. The molecule has 0 aliphatic carbocycles. The van der Waals surface area contributed by atoms with Gasteiger partial charge in [-0.05, 0) is 41.4 Å². The maximum atomic E-state index is 11.5. The van der Waals surface area contributed by atoms with Gasteiger partial charge in [-0.25, -0.2) is 4.98 Å². The van der Waals surface area contributed by atoms with Crippen molar-refractivity contribution >= 4 is 28.9 Å². The van der Waals surface area contributed by atoms with Gasteiger partial charge in [0.25, 0.3) is 0 Å². The van der Waals surface area contributed by atoms with Crippen LogP contribution in [0.3, 0.4) is 0 Å². The highest BCUT2D eigenvalue weighted by molar-refractivity contribution is 7.99. The number of benzene rings is 2. The molecular weight excluding hydrogens is 370 g/mol. The molecule has 1 aromatic heterocycles. The van der Waals surface area contributed by atoms with Crippen molar-refractivity contribution in [3.63, 3.8) is 0 Å². The zero-order valence-corrected chi connectivity index (χ0v) is 18.1. The molecule has 0 radical (unpaired) electrons. The first kappa shape index (κ1) is 19.8. The molecule has 0 fully saturated rings. The zero-order valence-electron chi connectivity index (χ0n) is 16.5. The number of hydrogen-bond acceptors (Lipinski definition) is 4. The molecule has 0 aliphatic rings. The van der Waals surface area contributed by atoms with E-state index in [1.807, 2.05) is 42.2 Å². The molecule has 0 amide bonds. The second-order valence-corrected chi connectivity index (χ2v) is 9.89. The molecule has 1 heterocycles. The van der Waals surface area contributed by atoms with E-state index in [2.05, 4.69) is 50.9 Å². The lowest BCUT2D eigenvalue weighted by Crippen LogP contribution is -2.12. The Morgan fingerprint density at radius 2 is 1.74 bits per heavy atom. The van der Waals surface area contributed by atoms with Crippen LogP contribution in [0.4, 0.5) is 0 Å². The van der Waals surface area contributed by atoms with Gasteiger partial charge < -0.3 is 0 Å². The Morgan fingerprint density at radius 1 is 1.07 bits per heavy atom. The summed E-state index contributed by atoms with van der Waals surface area (Å²) in [6.45, 7) is 10.6. The summed E-state index contributed by atoms with van der Waals surface area (Å²) < 4.78 is 0. The molecule has 0 saturated carbocycles. The number of nitrogens with zero attached hydrogens (tertiary/aromatic N) is 1.